The Hall–Kier alpha value is -0.560. The predicted molar refractivity (Wildman–Crippen MR) is 47.1 cm³/mol. The Labute approximate surface area is 98.3 Å². The Morgan fingerprint density at radius 3 is 1.72 bits per heavy atom. The van der Waals surface area contributed by atoms with Gasteiger partial charge in [0.1, 0.15) is 0 Å². The second-order valence-corrected chi connectivity index (χ2v) is 4.26. The van der Waals surface area contributed by atoms with Gasteiger partial charge in [-0.15, -0.1) is 0 Å². The summed E-state index contributed by atoms with van der Waals surface area (Å²) in [4.78, 5) is 0. The van der Waals surface area contributed by atoms with Gasteiger partial charge in [0.2, 0.25) is 0 Å². The summed E-state index contributed by atoms with van der Waals surface area (Å²) in [5.74, 6) is -19.3. The molecule has 0 spiro atoms. The van der Waals surface area contributed by atoms with E-state index in [1.54, 1.807) is 6.42 Å². The molecule has 1 aliphatic carbocycles. The number of alkyl halides is 8. The van der Waals surface area contributed by atoms with Crippen LogP contribution < -0.4 is 0 Å². The topological polar surface area (TPSA) is 0 Å². The van der Waals surface area contributed by atoms with E-state index in [1.165, 1.54) is 0 Å². The van der Waals surface area contributed by atoms with Crippen LogP contribution in [0.3, 0.4) is 0 Å². The molecule has 0 saturated heterocycles. The van der Waals surface area contributed by atoms with Gasteiger partial charge in [0, 0.05) is 5.92 Å². The second-order valence-electron chi connectivity index (χ2n) is 4.26. The van der Waals surface area contributed by atoms with Crippen LogP contribution in [-0.4, -0.2) is 24.2 Å². The standard InChI is InChI=1S/C10H11F8/c11-7(12)9(15,16)10(17,18)8(13,14)6-4-2-1-3-5-6/h1,6-7H,2-5H2. The Bertz CT molecular complexity index is 280. The predicted octanol–water partition coefficient (Wildman–Crippen LogP) is 4.55. The number of halogens is 8. The average molecular weight is 283 g/mol. The summed E-state index contributed by atoms with van der Waals surface area (Å²) < 4.78 is 102. The molecule has 1 radical (unpaired) electrons. The molecule has 0 aliphatic heterocycles. The lowest BCUT2D eigenvalue weighted by Crippen LogP contribution is -2.60. The zero-order chi connectivity index (χ0) is 14.2. The third kappa shape index (κ3) is 2.30. The van der Waals surface area contributed by atoms with Crippen molar-refractivity contribution in [1.29, 1.82) is 0 Å². The van der Waals surface area contributed by atoms with E-state index in [-0.39, 0.29) is 12.8 Å². The molecule has 1 saturated carbocycles. The number of rotatable bonds is 4. The highest BCUT2D eigenvalue weighted by atomic mass is 19.4. The molecule has 0 atom stereocenters. The zero-order valence-corrected chi connectivity index (χ0v) is 9.08. The van der Waals surface area contributed by atoms with Crippen molar-refractivity contribution in [3.8, 4) is 0 Å². The van der Waals surface area contributed by atoms with Gasteiger partial charge in [-0.1, -0.05) is 0 Å². The molecule has 1 rings (SSSR count). The Morgan fingerprint density at radius 1 is 0.889 bits per heavy atom. The molecule has 8 heteroatoms. The van der Waals surface area contributed by atoms with Gasteiger partial charge in [0.05, 0.1) is 0 Å². The van der Waals surface area contributed by atoms with E-state index < -0.39 is 43.0 Å². The maximum Gasteiger partial charge on any atom is 0.378 e. The van der Waals surface area contributed by atoms with Gasteiger partial charge < -0.3 is 0 Å². The first-order valence-corrected chi connectivity index (χ1v) is 5.28. The van der Waals surface area contributed by atoms with E-state index in [1.807, 2.05) is 0 Å². The Morgan fingerprint density at radius 2 is 1.33 bits per heavy atom. The summed E-state index contributed by atoms with van der Waals surface area (Å²) in [6.45, 7) is 0. The van der Waals surface area contributed by atoms with Crippen LogP contribution in [0.5, 0.6) is 0 Å². The lowest BCUT2D eigenvalue weighted by Gasteiger charge is -2.38. The first kappa shape index (κ1) is 15.5. The van der Waals surface area contributed by atoms with Crippen LogP contribution >= 0.6 is 0 Å². The van der Waals surface area contributed by atoms with E-state index >= 15 is 0 Å². The highest BCUT2D eigenvalue weighted by Crippen LogP contribution is 2.53. The van der Waals surface area contributed by atoms with Crippen LogP contribution in [0.1, 0.15) is 25.7 Å². The minimum atomic E-state index is -6.06. The molecule has 0 aromatic carbocycles. The summed E-state index contributed by atoms with van der Waals surface area (Å²) in [5.41, 5.74) is 0. The van der Waals surface area contributed by atoms with Crippen LogP contribution in [-0.2, 0) is 0 Å². The van der Waals surface area contributed by atoms with Crippen LogP contribution in [0.15, 0.2) is 0 Å². The molecule has 0 aromatic heterocycles. The van der Waals surface area contributed by atoms with Gasteiger partial charge in [-0.05, 0) is 32.1 Å². The van der Waals surface area contributed by atoms with E-state index in [2.05, 4.69) is 0 Å². The lowest BCUT2D eigenvalue weighted by molar-refractivity contribution is -0.351. The van der Waals surface area contributed by atoms with Crippen molar-refractivity contribution in [3.05, 3.63) is 6.42 Å². The third-order valence-electron chi connectivity index (χ3n) is 3.06. The van der Waals surface area contributed by atoms with Crippen molar-refractivity contribution in [2.24, 2.45) is 5.92 Å². The fourth-order valence-corrected chi connectivity index (χ4v) is 1.90. The Kier molecular flexibility index (Phi) is 4.17. The van der Waals surface area contributed by atoms with E-state index in [9.17, 15) is 35.1 Å². The van der Waals surface area contributed by atoms with Crippen LogP contribution in [0.25, 0.3) is 0 Å². The van der Waals surface area contributed by atoms with Crippen LogP contribution in [0, 0.1) is 12.3 Å². The molecular formula is C10H11F8. The SMILES string of the molecule is FC(F)C(F)(F)C(F)(F)C(F)(F)C1CC[CH]CC1. The van der Waals surface area contributed by atoms with E-state index in [4.69, 9.17) is 0 Å². The van der Waals surface area contributed by atoms with Gasteiger partial charge in [-0.25, -0.2) is 8.78 Å². The van der Waals surface area contributed by atoms with Gasteiger partial charge in [-0.3, -0.25) is 0 Å². The molecule has 0 unspecified atom stereocenters. The summed E-state index contributed by atoms with van der Waals surface area (Å²) in [6.07, 6.45) is -3.94. The second kappa shape index (κ2) is 4.85. The molecule has 1 fully saturated rings. The van der Waals surface area contributed by atoms with E-state index in [0.717, 1.165) is 0 Å². The number of hydrogen-bond acceptors (Lipinski definition) is 0. The highest BCUT2D eigenvalue weighted by molar-refractivity contribution is 5.02. The van der Waals surface area contributed by atoms with Crippen molar-refractivity contribution in [3.63, 3.8) is 0 Å². The van der Waals surface area contributed by atoms with Crippen molar-refractivity contribution in [1.82, 2.24) is 0 Å². The van der Waals surface area contributed by atoms with Gasteiger partial charge >= 0.3 is 24.2 Å². The van der Waals surface area contributed by atoms with Crippen molar-refractivity contribution < 1.29 is 35.1 Å². The fraction of sp³-hybridized carbons (Fsp3) is 0.900. The summed E-state index contributed by atoms with van der Waals surface area (Å²) >= 11 is 0. The lowest BCUT2D eigenvalue weighted by atomic mass is 9.81. The molecule has 0 amide bonds. The quantitative estimate of drug-likeness (QED) is 0.664. The number of hydrogen-bond donors (Lipinski definition) is 0. The summed E-state index contributed by atoms with van der Waals surface area (Å²) in [7, 11) is 0. The largest absolute Gasteiger partial charge is 0.378 e. The van der Waals surface area contributed by atoms with Crippen LogP contribution in [0.4, 0.5) is 35.1 Å². The summed E-state index contributed by atoms with van der Waals surface area (Å²) in [5, 5.41) is 0. The first-order valence-electron chi connectivity index (χ1n) is 5.28. The molecule has 1 aliphatic rings. The minimum Gasteiger partial charge on any atom is -0.203 e. The van der Waals surface area contributed by atoms with E-state index in [0.29, 0.717) is 0 Å². The smallest absolute Gasteiger partial charge is 0.203 e. The molecule has 18 heavy (non-hydrogen) atoms. The molecule has 0 aromatic rings. The maximum atomic E-state index is 13.4. The van der Waals surface area contributed by atoms with Gasteiger partial charge in [-0.2, -0.15) is 26.3 Å². The molecule has 0 N–H and O–H groups in total. The normalized spacial score (nSPS) is 20.5. The fourth-order valence-electron chi connectivity index (χ4n) is 1.90. The summed E-state index contributed by atoms with van der Waals surface area (Å²) in [6, 6.07) is 0. The highest BCUT2D eigenvalue weighted by Gasteiger charge is 2.76. The zero-order valence-electron chi connectivity index (χ0n) is 9.08. The third-order valence-corrected chi connectivity index (χ3v) is 3.06. The first-order chi connectivity index (χ1) is 8.05. The molecule has 107 valence electrons. The average Bonchev–Trinajstić information content (AvgIpc) is 2.29. The molecule has 0 nitrogen and oxygen atoms in total. The molecular weight excluding hydrogens is 272 g/mol. The maximum absolute atomic E-state index is 13.4. The van der Waals surface area contributed by atoms with Gasteiger partial charge in [0.25, 0.3) is 0 Å². The van der Waals surface area contributed by atoms with Crippen molar-refractivity contribution >= 4 is 0 Å². The van der Waals surface area contributed by atoms with Crippen molar-refractivity contribution in [2.75, 3.05) is 0 Å². The van der Waals surface area contributed by atoms with Crippen LogP contribution in [0.2, 0.25) is 0 Å². The molecule has 0 bridgehead atoms. The minimum absolute atomic E-state index is 0.0799. The van der Waals surface area contributed by atoms with Crippen molar-refractivity contribution in [2.45, 2.75) is 49.9 Å². The Balaban J connectivity index is 3.00. The molecule has 0 heterocycles. The van der Waals surface area contributed by atoms with Gasteiger partial charge in [0.15, 0.2) is 0 Å². The monoisotopic (exact) mass is 283 g/mol.